The molecule has 1 fully saturated rings. The van der Waals surface area contributed by atoms with Crippen molar-refractivity contribution < 1.29 is 34.0 Å². The molecule has 7 heteroatoms. The first-order chi connectivity index (χ1) is 7.47. The molecule has 7 nitrogen and oxygen atoms in total. The van der Waals surface area contributed by atoms with Gasteiger partial charge in [-0.1, -0.05) is 0 Å². The van der Waals surface area contributed by atoms with Crippen LogP contribution >= 0.6 is 0 Å². The van der Waals surface area contributed by atoms with Gasteiger partial charge in [0.25, 0.3) is 0 Å². The van der Waals surface area contributed by atoms with E-state index in [4.69, 9.17) is 4.74 Å². The summed E-state index contributed by atoms with van der Waals surface area (Å²) in [4.78, 5) is 21.9. The molecule has 4 atom stereocenters. The lowest BCUT2D eigenvalue weighted by Gasteiger charge is -2.34. The zero-order chi connectivity index (χ0) is 12.3. The fourth-order valence-electron chi connectivity index (χ4n) is 1.33. The Morgan fingerprint density at radius 1 is 1.50 bits per heavy atom. The Bertz CT molecular complexity index is 273. The number of aliphatic hydroxyl groups is 2. The Hall–Kier alpha value is -1.02. The van der Waals surface area contributed by atoms with Crippen LogP contribution in [0.3, 0.4) is 0 Å². The second kappa shape index (κ2) is 5.35. The van der Waals surface area contributed by atoms with Crippen molar-refractivity contribution in [2.24, 2.45) is 0 Å². The topological polar surface area (TPSA) is 102 Å². The molecule has 0 saturated carbocycles. The fraction of sp³-hybridized carbons (Fsp3) is 0.778. The molecule has 0 bridgehead atoms. The van der Waals surface area contributed by atoms with Crippen LogP contribution in [0.4, 0.5) is 0 Å². The maximum atomic E-state index is 11.3. The highest BCUT2D eigenvalue weighted by molar-refractivity contribution is 5.87. The Labute approximate surface area is 91.9 Å². The van der Waals surface area contributed by atoms with Crippen molar-refractivity contribution in [1.29, 1.82) is 0 Å². The number of esters is 1. The molecule has 0 aliphatic carbocycles. The first-order valence-corrected chi connectivity index (χ1v) is 4.69. The van der Waals surface area contributed by atoms with Crippen LogP contribution < -0.4 is 0 Å². The van der Waals surface area contributed by atoms with Crippen molar-refractivity contribution in [3.8, 4) is 0 Å². The van der Waals surface area contributed by atoms with E-state index in [1.54, 1.807) is 0 Å². The molecule has 2 N–H and O–H groups in total. The third kappa shape index (κ3) is 2.76. The van der Waals surface area contributed by atoms with Gasteiger partial charge in [-0.3, -0.25) is 9.59 Å². The summed E-state index contributed by atoms with van der Waals surface area (Å²) in [6.07, 6.45) is -5.27. The van der Waals surface area contributed by atoms with Gasteiger partial charge in [0.05, 0.1) is 0 Å². The average molecular weight is 234 g/mol. The summed E-state index contributed by atoms with van der Waals surface area (Å²) in [5.41, 5.74) is 0. The van der Waals surface area contributed by atoms with Crippen LogP contribution in [-0.2, 0) is 23.8 Å². The Morgan fingerprint density at radius 3 is 2.62 bits per heavy atom. The predicted octanol–water partition coefficient (Wildman–Crippen LogP) is -1.79. The van der Waals surface area contributed by atoms with Crippen molar-refractivity contribution in [1.82, 2.24) is 0 Å². The molecule has 0 spiro atoms. The molecule has 1 saturated heterocycles. The normalized spacial score (nSPS) is 34.9. The summed E-state index contributed by atoms with van der Waals surface area (Å²) in [6, 6.07) is 0. The molecule has 1 heterocycles. The van der Waals surface area contributed by atoms with Gasteiger partial charge in [0.15, 0.2) is 0 Å². The lowest BCUT2D eigenvalue weighted by Crippen LogP contribution is -2.56. The zero-order valence-electron chi connectivity index (χ0n) is 8.95. The maximum absolute atomic E-state index is 11.3. The molecule has 0 aromatic heterocycles. The second-order valence-corrected chi connectivity index (χ2v) is 3.38. The SMILES string of the molecule is COC1OC(COC(C)=O)[C@H](O)C(O)C1=O. The van der Waals surface area contributed by atoms with Crippen LogP contribution in [0.2, 0.25) is 0 Å². The van der Waals surface area contributed by atoms with Crippen LogP contribution in [0.5, 0.6) is 0 Å². The van der Waals surface area contributed by atoms with E-state index in [2.05, 4.69) is 9.47 Å². The minimum Gasteiger partial charge on any atom is -0.463 e. The fourth-order valence-corrected chi connectivity index (χ4v) is 1.33. The summed E-state index contributed by atoms with van der Waals surface area (Å²) in [7, 11) is 1.23. The molecular weight excluding hydrogens is 220 g/mol. The van der Waals surface area contributed by atoms with Crippen LogP contribution in [-0.4, -0.2) is 60.3 Å². The summed E-state index contributed by atoms with van der Waals surface area (Å²) in [5.74, 6) is -1.30. The van der Waals surface area contributed by atoms with E-state index in [-0.39, 0.29) is 6.61 Å². The van der Waals surface area contributed by atoms with E-state index in [9.17, 15) is 19.8 Å². The van der Waals surface area contributed by atoms with E-state index in [0.29, 0.717) is 0 Å². The van der Waals surface area contributed by atoms with Gasteiger partial charge >= 0.3 is 5.97 Å². The number of carbonyl (C=O) groups is 2. The number of ether oxygens (including phenoxy) is 3. The number of aliphatic hydroxyl groups excluding tert-OH is 2. The van der Waals surface area contributed by atoms with Gasteiger partial charge in [-0.15, -0.1) is 0 Å². The molecule has 0 aromatic carbocycles. The summed E-state index contributed by atoms with van der Waals surface area (Å²) in [5, 5.41) is 18.9. The lowest BCUT2D eigenvalue weighted by molar-refractivity contribution is -0.235. The monoisotopic (exact) mass is 234 g/mol. The van der Waals surface area contributed by atoms with Gasteiger partial charge in [-0.25, -0.2) is 0 Å². The van der Waals surface area contributed by atoms with E-state index >= 15 is 0 Å². The average Bonchev–Trinajstić information content (AvgIpc) is 2.25. The maximum Gasteiger partial charge on any atom is 0.302 e. The molecule has 0 radical (unpaired) electrons. The number of hydrogen-bond donors (Lipinski definition) is 2. The van der Waals surface area contributed by atoms with Crippen LogP contribution in [0, 0.1) is 0 Å². The molecule has 3 unspecified atom stereocenters. The van der Waals surface area contributed by atoms with Gasteiger partial charge in [0.2, 0.25) is 12.1 Å². The molecule has 1 aliphatic rings. The molecule has 1 aliphatic heterocycles. The minimum atomic E-state index is -1.60. The molecule has 16 heavy (non-hydrogen) atoms. The third-order valence-electron chi connectivity index (χ3n) is 2.19. The van der Waals surface area contributed by atoms with Gasteiger partial charge in [0, 0.05) is 14.0 Å². The number of carbonyl (C=O) groups excluding carboxylic acids is 2. The van der Waals surface area contributed by atoms with Crippen molar-refractivity contribution in [3.05, 3.63) is 0 Å². The van der Waals surface area contributed by atoms with E-state index in [0.717, 1.165) is 0 Å². The number of ketones is 1. The summed E-state index contributed by atoms with van der Waals surface area (Å²) >= 11 is 0. The van der Waals surface area contributed by atoms with Gasteiger partial charge in [-0.05, 0) is 0 Å². The smallest absolute Gasteiger partial charge is 0.302 e. The van der Waals surface area contributed by atoms with Crippen molar-refractivity contribution >= 4 is 11.8 Å². The Kier molecular flexibility index (Phi) is 4.36. The molecule has 0 aromatic rings. The van der Waals surface area contributed by atoms with Crippen LogP contribution in [0.15, 0.2) is 0 Å². The predicted molar refractivity (Wildman–Crippen MR) is 49.3 cm³/mol. The largest absolute Gasteiger partial charge is 0.463 e. The second-order valence-electron chi connectivity index (χ2n) is 3.38. The number of rotatable bonds is 3. The van der Waals surface area contributed by atoms with Crippen molar-refractivity contribution in [2.75, 3.05) is 13.7 Å². The molecule has 92 valence electrons. The van der Waals surface area contributed by atoms with Crippen molar-refractivity contribution in [3.63, 3.8) is 0 Å². The quantitative estimate of drug-likeness (QED) is 0.556. The van der Waals surface area contributed by atoms with Gasteiger partial charge in [-0.2, -0.15) is 0 Å². The van der Waals surface area contributed by atoms with Gasteiger partial charge < -0.3 is 24.4 Å². The number of methoxy groups -OCH3 is 1. The first kappa shape index (κ1) is 13.0. The lowest BCUT2D eigenvalue weighted by atomic mass is 10.0. The highest BCUT2D eigenvalue weighted by Crippen LogP contribution is 2.18. The van der Waals surface area contributed by atoms with Crippen molar-refractivity contribution in [2.45, 2.75) is 31.5 Å². The van der Waals surface area contributed by atoms with E-state index in [1.807, 2.05) is 0 Å². The summed E-state index contributed by atoms with van der Waals surface area (Å²) < 4.78 is 14.3. The Balaban J connectivity index is 2.63. The zero-order valence-corrected chi connectivity index (χ0v) is 8.95. The Morgan fingerprint density at radius 2 is 2.12 bits per heavy atom. The van der Waals surface area contributed by atoms with Crippen LogP contribution in [0.1, 0.15) is 6.92 Å². The summed E-state index contributed by atoms with van der Waals surface area (Å²) in [6.45, 7) is 0.950. The number of Topliss-reactive ketones (excluding diaryl/α,β-unsaturated/α-hetero) is 1. The molecular formula is C9H14O7. The highest BCUT2D eigenvalue weighted by Gasteiger charge is 2.44. The third-order valence-corrected chi connectivity index (χ3v) is 2.19. The highest BCUT2D eigenvalue weighted by atomic mass is 16.7. The minimum absolute atomic E-state index is 0.249. The standard InChI is InChI=1S/C9H14O7/c1-4(10)15-3-5-6(11)7(12)8(13)9(14-2)16-5/h5-7,9,11-12H,3H2,1-2H3/t5?,6-,7?,9?/m0/s1. The van der Waals surface area contributed by atoms with E-state index < -0.39 is 36.4 Å². The van der Waals surface area contributed by atoms with Crippen LogP contribution in [0.25, 0.3) is 0 Å². The van der Waals surface area contributed by atoms with E-state index in [1.165, 1.54) is 14.0 Å². The number of hydrogen-bond acceptors (Lipinski definition) is 7. The molecule has 1 rings (SSSR count). The molecule has 0 amide bonds. The van der Waals surface area contributed by atoms with Gasteiger partial charge in [0.1, 0.15) is 24.9 Å². The first-order valence-electron chi connectivity index (χ1n) is 4.69.